The van der Waals surface area contributed by atoms with Crippen molar-refractivity contribution in [2.45, 2.75) is 57.0 Å². The van der Waals surface area contributed by atoms with Crippen LogP contribution in [0.2, 0.25) is 0 Å². The molecule has 2 atom stereocenters. The summed E-state index contributed by atoms with van der Waals surface area (Å²) in [6.07, 6.45) is 8.25. The number of hydrogen-bond donors (Lipinski definition) is 1. The average Bonchev–Trinajstić information content (AvgIpc) is 3.04. The van der Waals surface area contributed by atoms with Gasteiger partial charge in [0.15, 0.2) is 0 Å². The van der Waals surface area contributed by atoms with Gasteiger partial charge in [0, 0.05) is 25.2 Å². The fourth-order valence-electron chi connectivity index (χ4n) is 3.55. The van der Waals surface area contributed by atoms with Gasteiger partial charge in [0.05, 0.1) is 5.75 Å². The molecule has 4 nitrogen and oxygen atoms in total. The molecule has 3 fully saturated rings. The van der Waals surface area contributed by atoms with Gasteiger partial charge < -0.3 is 5.32 Å². The predicted molar refractivity (Wildman–Crippen MR) is 71.9 cm³/mol. The first-order valence-corrected chi connectivity index (χ1v) is 9.00. The second-order valence-corrected chi connectivity index (χ2v) is 8.10. The molecule has 0 bridgehead atoms. The fraction of sp³-hybridized carbons (Fsp3) is 1.00. The van der Waals surface area contributed by atoms with E-state index in [1.807, 2.05) is 4.31 Å². The number of nitrogens with one attached hydrogen (secondary N) is 1. The highest BCUT2D eigenvalue weighted by Gasteiger charge is 2.40. The maximum absolute atomic E-state index is 12.4. The Balaban J connectivity index is 1.59. The molecule has 2 saturated carbocycles. The number of piperidine rings is 1. The van der Waals surface area contributed by atoms with Gasteiger partial charge in [-0.15, -0.1) is 0 Å². The topological polar surface area (TPSA) is 49.4 Å². The van der Waals surface area contributed by atoms with Gasteiger partial charge in [-0.05, 0) is 44.4 Å². The van der Waals surface area contributed by atoms with Gasteiger partial charge in [0.25, 0.3) is 0 Å². The van der Waals surface area contributed by atoms with Gasteiger partial charge in [0.1, 0.15) is 0 Å². The highest BCUT2D eigenvalue weighted by atomic mass is 32.2. The fourth-order valence-corrected chi connectivity index (χ4v) is 5.26. The van der Waals surface area contributed by atoms with Gasteiger partial charge >= 0.3 is 0 Å². The number of fused-ring (bicyclic) bond motifs is 1. The molecule has 0 spiro atoms. The van der Waals surface area contributed by atoms with Crippen molar-refractivity contribution in [1.82, 2.24) is 9.62 Å². The van der Waals surface area contributed by atoms with Crippen molar-refractivity contribution in [3.8, 4) is 0 Å². The molecule has 0 aromatic rings. The smallest absolute Gasteiger partial charge is 0.215 e. The van der Waals surface area contributed by atoms with E-state index in [1.165, 1.54) is 32.1 Å². The van der Waals surface area contributed by atoms with Crippen molar-refractivity contribution in [2.75, 3.05) is 18.8 Å². The van der Waals surface area contributed by atoms with Crippen molar-refractivity contribution >= 4 is 10.0 Å². The summed E-state index contributed by atoms with van der Waals surface area (Å²) in [6.45, 7) is 1.38. The molecule has 1 heterocycles. The first-order chi connectivity index (χ1) is 8.67. The molecule has 3 aliphatic rings. The summed E-state index contributed by atoms with van der Waals surface area (Å²) in [7, 11) is -3.03. The molecule has 104 valence electrons. The third kappa shape index (κ3) is 2.73. The lowest BCUT2D eigenvalue weighted by Crippen LogP contribution is -2.48. The summed E-state index contributed by atoms with van der Waals surface area (Å²) >= 11 is 0. The Bertz CT molecular complexity index is 392. The summed E-state index contributed by atoms with van der Waals surface area (Å²) < 4.78 is 26.7. The first-order valence-electron chi connectivity index (χ1n) is 7.40. The predicted octanol–water partition coefficient (Wildman–Crippen LogP) is 1.33. The van der Waals surface area contributed by atoms with E-state index in [4.69, 9.17) is 0 Å². The van der Waals surface area contributed by atoms with Crippen LogP contribution in [0.3, 0.4) is 0 Å². The average molecular weight is 272 g/mol. The molecule has 0 radical (unpaired) electrons. The molecular formula is C13H24N2O2S. The van der Waals surface area contributed by atoms with Gasteiger partial charge in [0.2, 0.25) is 10.0 Å². The second kappa shape index (κ2) is 5.10. The largest absolute Gasteiger partial charge is 0.313 e. The van der Waals surface area contributed by atoms with Gasteiger partial charge in [-0.2, -0.15) is 4.31 Å². The summed E-state index contributed by atoms with van der Waals surface area (Å²) in [4.78, 5) is 0. The molecular weight excluding hydrogens is 248 g/mol. The normalized spacial score (nSPS) is 33.6. The SMILES string of the molecule is O=S(=O)(CCNC1CC1)N1CCCC2CCCC21. The maximum Gasteiger partial charge on any atom is 0.215 e. The van der Waals surface area contributed by atoms with Crippen LogP contribution < -0.4 is 5.32 Å². The molecule has 18 heavy (non-hydrogen) atoms. The Morgan fingerprint density at radius 3 is 2.61 bits per heavy atom. The Hall–Kier alpha value is -0.130. The maximum atomic E-state index is 12.4. The van der Waals surface area contributed by atoms with Gasteiger partial charge in [-0.1, -0.05) is 6.42 Å². The molecule has 0 aromatic heterocycles. The van der Waals surface area contributed by atoms with Crippen LogP contribution in [0.25, 0.3) is 0 Å². The minimum Gasteiger partial charge on any atom is -0.313 e. The molecule has 2 unspecified atom stereocenters. The summed E-state index contributed by atoms with van der Waals surface area (Å²) in [6, 6.07) is 0.922. The second-order valence-electron chi connectivity index (χ2n) is 6.06. The quantitative estimate of drug-likeness (QED) is 0.821. The van der Waals surface area contributed by atoms with Crippen molar-refractivity contribution in [3.63, 3.8) is 0 Å². The van der Waals surface area contributed by atoms with Gasteiger partial charge in [-0.25, -0.2) is 8.42 Å². The minimum absolute atomic E-state index is 0.284. The molecule has 5 heteroatoms. The van der Waals surface area contributed by atoms with Crippen LogP contribution in [-0.4, -0.2) is 43.6 Å². The highest BCUT2D eigenvalue weighted by molar-refractivity contribution is 7.89. The van der Waals surface area contributed by atoms with E-state index in [2.05, 4.69) is 5.32 Å². The van der Waals surface area contributed by atoms with E-state index in [-0.39, 0.29) is 5.75 Å². The molecule has 0 amide bonds. The molecule has 2 aliphatic carbocycles. The standard InChI is InChI=1S/C13H24N2O2S/c16-18(17,10-8-14-12-6-7-12)15-9-2-4-11-3-1-5-13(11)15/h11-14H,1-10H2. The van der Waals surface area contributed by atoms with Crippen molar-refractivity contribution < 1.29 is 8.42 Å². The van der Waals surface area contributed by atoms with E-state index in [9.17, 15) is 8.42 Å². The third-order valence-electron chi connectivity index (χ3n) is 4.67. The molecule has 1 N–H and O–H groups in total. The van der Waals surface area contributed by atoms with Crippen molar-refractivity contribution in [1.29, 1.82) is 0 Å². The highest BCUT2D eigenvalue weighted by Crippen LogP contribution is 2.38. The van der Waals surface area contributed by atoms with Crippen molar-refractivity contribution in [3.05, 3.63) is 0 Å². The number of nitrogens with zero attached hydrogens (tertiary/aromatic N) is 1. The summed E-state index contributed by atoms with van der Waals surface area (Å²) in [5.41, 5.74) is 0. The summed E-state index contributed by atoms with van der Waals surface area (Å²) in [5.74, 6) is 0.928. The Morgan fingerprint density at radius 2 is 1.83 bits per heavy atom. The van der Waals surface area contributed by atoms with Crippen LogP contribution in [0.15, 0.2) is 0 Å². The van der Waals surface area contributed by atoms with Crippen LogP contribution in [-0.2, 0) is 10.0 Å². The monoisotopic (exact) mass is 272 g/mol. The van der Waals surface area contributed by atoms with Crippen LogP contribution >= 0.6 is 0 Å². The van der Waals surface area contributed by atoms with Crippen LogP contribution in [0, 0.1) is 5.92 Å². The molecule has 0 aromatic carbocycles. The summed E-state index contributed by atoms with van der Waals surface area (Å²) in [5, 5.41) is 3.31. The Kier molecular flexibility index (Phi) is 3.65. The molecule has 1 aliphatic heterocycles. The van der Waals surface area contributed by atoms with Crippen molar-refractivity contribution in [2.24, 2.45) is 5.92 Å². The van der Waals surface area contributed by atoms with E-state index in [0.29, 0.717) is 24.5 Å². The van der Waals surface area contributed by atoms with E-state index >= 15 is 0 Å². The molecule has 3 rings (SSSR count). The zero-order valence-electron chi connectivity index (χ0n) is 11.0. The van der Waals surface area contributed by atoms with Crippen LogP contribution in [0.5, 0.6) is 0 Å². The number of sulfonamides is 1. The third-order valence-corrected chi connectivity index (χ3v) is 6.56. The zero-order valence-corrected chi connectivity index (χ0v) is 11.8. The van der Waals surface area contributed by atoms with E-state index < -0.39 is 10.0 Å². The van der Waals surface area contributed by atoms with Crippen LogP contribution in [0.4, 0.5) is 0 Å². The Morgan fingerprint density at radius 1 is 1.06 bits per heavy atom. The Labute approximate surface area is 110 Å². The lowest BCUT2D eigenvalue weighted by molar-refractivity contribution is 0.202. The lowest BCUT2D eigenvalue weighted by Gasteiger charge is -2.36. The minimum atomic E-state index is -3.03. The van der Waals surface area contributed by atoms with E-state index in [1.54, 1.807) is 0 Å². The van der Waals surface area contributed by atoms with E-state index in [0.717, 1.165) is 19.4 Å². The number of rotatable bonds is 5. The van der Waals surface area contributed by atoms with Crippen LogP contribution in [0.1, 0.15) is 44.9 Å². The van der Waals surface area contributed by atoms with Gasteiger partial charge in [-0.3, -0.25) is 0 Å². The molecule has 1 saturated heterocycles. The lowest BCUT2D eigenvalue weighted by atomic mass is 9.94. The number of hydrogen-bond acceptors (Lipinski definition) is 3. The zero-order chi connectivity index (χ0) is 12.6. The first kappa shape index (κ1) is 12.9.